The summed E-state index contributed by atoms with van der Waals surface area (Å²) in [4.78, 5) is 20.0. The highest BCUT2D eigenvalue weighted by atomic mass is 35.5. The first-order chi connectivity index (χ1) is 10.7. The van der Waals surface area contributed by atoms with Gasteiger partial charge in [0.25, 0.3) is 0 Å². The van der Waals surface area contributed by atoms with Gasteiger partial charge >= 0.3 is 5.97 Å². The lowest BCUT2D eigenvalue weighted by Crippen LogP contribution is -2.29. The molecule has 1 aromatic rings. The second-order valence-corrected chi connectivity index (χ2v) is 7.36. The quantitative estimate of drug-likeness (QED) is 0.797. The van der Waals surface area contributed by atoms with Crippen LogP contribution in [0.5, 0.6) is 0 Å². The van der Waals surface area contributed by atoms with Crippen molar-refractivity contribution in [1.82, 2.24) is 10.4 Å². The van der Waals surface area contributed by atoms with Crippen molar-refractivity contribution in [3.8, 4) is 0 Å². The van der Waals surface area contributed by atoms with E-state index >= 15 is 0 Å². The number of esters is 1. The molecule has 0 aromatic carbocycles. The lowest BCUT2D eigenvalue weighted by atomic mass is 10.1. The van der Waals surface area contributed by atoms with Crippen LogP contribution in [0.2, 0.25) is 0 Å². The van der Waals surface area contributed by atoms with E-state index in [1.54, 1.807) is 18.7 Å². The molecule has 0 saturated carbocycles. The Morgan fingerprint density at radius 3 is 2.50 bits per heavy atom. The molecular weight excluding hydrogens is 348 g/mol. The van der Waals surface area contributed by atoms with E-state index in [4.69, 9.17) is 4.74 Å². The van der Waals surface area contributed by atoms with Crippen molar-refractivity contribution in [1.29, 1.82) is 0 Å². The number of halogens is 1. The number of nitrogens with one attached hydrogen (secondary N) is 2. The molecule has 2 rings (SSSR count). The van der Waals surface area contributed by atoms with Gasteiger partial charge < -0.3 is 9.72 Å². The first-order valence-electron chi connectivity index (χ1n) is 7.64. The monoisotopic (exact) mass is 372 g/mol. The van der Waals surface area contributed by atoms with E-state index in [9.17, 15) is 4.79 Å². The zero-order valence-corrected chi connectivity index (χ0v) is 16.6. The van der Waals surface area contributed by atoms with Gasteiger partial charge in [0.1, 0.15) is 0 Å². The lowest BCUT2D eigenvalue weighted by molar-refractivity contribution is 0.0525. The molecule has 0 radical (unpaired) electrons. The van der Waals surface area contributed by atoms with E-state index in [1.165, 1.54) is 0 Å². The minimum Gasteiger partial charge on any atom is -0.462 e. The summed E-state index contributed by atoms with van der Waals surface area (Å²) in [5.74, 6) is 0.345. The Labute approximate surface area is 153 Å². The smallest absolute Gasteiger partial charge is 0.340 e. The van der Waals surface area contributed by atoms with Gasteiger partial charge in [-0.05, 0) is 41.5 Å². The van der Waals surface area contributed by atoms with Crippen LogP contribution in [0.4, 0.5) is 0 Å². The summed E-state index contributed by atoms with van der Waals surface area (Å²) in [5.41, 5.74) is 6.79. The molecule has 0 unspecified atom stereocenters. The van der Waals surface area contributed by atoms with Crippen LogP contribution in [0, 0.1) is 13.8 Å². The second-order valence-electron chi connectivity index (χ2n) is 6.39. The van der Waals surface area contributed by atoms with Crippen molar-refractivity contribution in [3.63, 3.8) is 0 Å². The summed E-state index contributed by atoms with van der Waals surface area (Å²) in [6.45, 7) is 12.1. The number of carbonyl (C=O) groups excluding carboxylic acids is 1. The molecule has 0 atom stereocenters. The Morgan fingerprint density at radius 1 is 1.33 bits per heavy atom. The van der Waals surface area contributed by atoms with Gasteiger partial charge in [-0.1, -0.05) is 11.8 Å². The predicted octanol–water partition coefficient (Wildman–Crippen LogP) is 3.43. The zero-order chi connectivity index (χ0) is 17.2. The highest BCUT2D eigenvalue weighted by molar-refractivity contribution is 8.14. The van der Waals surface area contributed by atoms with Crippen molar-refractivity contribution in [3.05, 3.63) is 22.5 Å². The molecule has 0 saturated heterocycles. The molecule has 0 fully saturated rings. The average molecular weight is 373 g/mol. The van der Waals surface area contributed by atoms with Gasteiger partial charge in [-0.25, -0.2) is 4.79 Å². The Bertz CT molecular complexity index is 674. The minimum atomic E-state index is -0.314. The Kier molecular flexibility index (Phi) is 6.92. The maximum Gasteiger partial charge on any atom is 0.340 e. The third-order valence-corrected chi connectivity index (χ3v) is 4.09. The van der Waals surface area contributed by atoms with Crippen LogP contribution in [0.1, 0.15) is 55.0 Å². The number of thioether (sulfide) groups is 1. The first kappa shape index (κ1) is 20.6. The highest BCUT2D eigenvalue weighted by Gasteiger charge is 2.26. The fourth-order valence-corrected chi connectivity index (χ4v) is 3.34. The van der Waals surface area contributed by atoms with Gasteiger partial charge in [0.05, 0.1) is 23.4 Å². The van der Waals surface area contributed by atoms with E-state index in [0.717, 1.165) is 27.8 Å². The summed E-state index contributed by atoms with van der Waals surface area (Å²) in [5, 5.41) is 5.23. The van der Waals surface area contributed by atoms with Gasteiger partial charge in [0.15, 0.2) is 5.17 Å². The molecule has 134 valence electrons. The number of hydrogen-bond donors (Lipinski definition) is 2. The summed E-state index contributed by atoms with van der Waals surface area (Å²) in [6.07, 6.45) is 0. The summed E-state index contributed by atoms with van der Waals surface area (Å²) in [6, 6.07) is 0. The van der Waals surface area contributed by atoms with Crippen LogP contribution < -0.4 is 5.43 Å². The summed E-state index contributed by atoms with van der Waals surface area (Å²) >= 11 is 1.59. The number of aromatic nitrogens is 1. The SMILES string of the molecule is CCOC(=O)c1c(C)[nH]c(C)c1C1=NNC(=NC(C)(C)C)SC1.Cl. The number of amidine groups is 1. The summed E-state index contributed by atoms with van der Waals surface area (Å²) in [7, 11) is 0. The fraction of sp³-hybridized carbons (Fsp3) is 0.562. The lowest BCUT2D eigenvalue weighted by Gasteiger charge is -2.19. The van der Waals surface area contributed by atoms with Gasteiger partial charge in [-0.3, -0.25) is 10.4 Å². The van der Waals surface area contributed by atoms with Crippen LogP contribution in [0.25, 0.3) is 0 Å². The van der Waals surface area contributed by atoms with Gasteiger partial charge in [0, 0.05) is 22.7 Å². The standard InChI is InChI=1S/C16H24N4O2S.ClH/c1-7-22-14(21)13-10(3)17-9(2)12(13)11-8-23-15(20-19-11)18-16(4,5)6;/h17H,7-8H2,1-6H3,(H,18,20);1H. The van der Waals surface area contributed by atoms with E-state index in [0.29, 0.717) is 17.9 Å². The van der Waals surface area contributed by atoms with Crippen molar-refractivity contribution >= 4 is 41.0 Å². The third kappa shape index (κ3) is 4.77. The van der Waals surface area contributed by atoms with Crippen LogP contribution >= 0.6 is 24.2 Å². The molecule has 1 aromatic heterocycles. The maximum atomic E-state index is 12.2. The predicted molar refractivity (Wildman–Crippen MR) is 103 cm³/mol. The third-order valence-electron chi connectivity index (χ3n) is 3.21. The van der Waals surface area contributed by atoms with E-state index in [-0.39, 0.29) is 23.9 Å². The molecule has 1 aliphatic rings. The largest absolute Gasteiger partial charge is 0.462 e. The molecule has 8 heteroatoms. The number of aliphatic imine (C=N–C) groups is 1. The maximum absolute atomic E-state index is 12.2. The molecule has 2 N–H and O–H groups in total. The van der Waals surface area contributed by atoms with Crippen LogP contribution in [0.3, 0.4) is 0 Å². The normalized spacial score (nSPS) is 16.2. The van der Waals surface area contributed by atoms with Crippen molar-refractivity contribution in [2.24, 2.45) is 10.1 Å². The van der Waals surface area contributed by atoms with Gasteiger partial charge in [0.2, 0.25) is 0 Å². The number of aryl methyl sites for hydroxylation is 2. The number of aromatic amines is 1. The number of carbonyl (C=O) groups is 1. The minimum absolute atomic E-state index is 0. The van der Waals surface area contributed by atoms with Crippen molar-refractivity contribution in [2.45, 2.75) is 47.1 Å². The first-order valence-corrected chi connectivity index (χ1v) is 8.63. The molecule has 1 aliphatic heterocycles. The molecule has 0 spiro atoms. The molecule has 0 amide bonds. The Hall–Kier alpha value is -1.47. The van der Waals surface area contributed by atoms with E-state index < -0.39 is 0 Å². The fourth-order valence-electron chi connectivity index (χ4n) is 2.41. The molecule has 0 bridgehead atoms. The molecule has 6 nitrogen and oxygen atoms in total. The average Bonchev–Trinajstić information content (AvgIpc) is 2.73. The number of rotatable bonds is 3. The topological polar surface area (TPSA) is 78.8 Å². The number of hydrazone groups is 1. The highest BCUT2D eigenvalue weighted by Crippen LogP contribution is 2.24. The van der Waals surface area contributed by atoms with Crippen molar-refractivity contribution < 1.29 is 9.53 Å². The van der Waals surface area contributed by atoms with Crippen LogP contribution in [0.15, 0.2) is 10.1 Å². The number of ether oxygens (including phenoxy) is 1. The molecule has 2 heterocycles. The molecule has 24 heavy (non-hydrogen) atoms. The van der Waals surface area contributed by atoms with E-state index in [1.807, 2.05) is 34.6 Å². The van der Waals surface area contributed by atoms with Crippen LogP contribution in [-0.2, 0) is 4.74 Å². The van der Waals surface area contributed by atoms with E-state index in [2.05, 4.69) is 20.5 Å². The second kappa shape index (κ2) is 8.07. The van der Waals surface area contributed by atoms with Gasteiger partial charge in [-0.15, -0.1) is 12.4 Å². The number of nitrogens with zero attached hydrogens (tertiary/aromatic N) is 2. The Balaban J connectivity index is 0.00000288. The van der Waals surface area contributed by atoms with Crippen LogP contribution in [-0.4, -0.2) is 39.7 Å². The zero-order valence-electron chi connectivity index (χ0n) is 14.9. The number of hydrogen-bond acceptors (Lipinski definition) is 5. The molecular formula is C16H25ClN4O2S. The Morgan fingerprint density at radius 2 is 2.00 bits per heavy atom. The summed E-state index contributed by atoms with van der Waals surface area (Å²) < 4.78 is 5.18. The van der Waals surface area contributed by atoms with Crippen molar-refractivity contribution in [2.75, 3.05) is 12.4 Å². The molecule has 0 aliphatic carbocycles. The number of H-pyrrole nitrogens is 1. The van der Waals surface area contributed by atoms with Gasteiger partial charge in [-0.2, -0.15) is 5.10 Å².